The summed E-state index contributed by atoms with van der Waals surface area (Å²) in [6.45, 7) is 0. The van der Waals surface area contributed by atoms with Crippen molar-refractivity contribution < 1.29 is 9.63 Å². The second-order valence-corrected chi connectivity index (χ2v) is 1.27. The van der Waals surface area contributed by atoms with Crippen LogP contribution >= 0.6 is 11.6 Å². The molecule has 0 spiro atoms. The van der Waals surface area contributed by atoms with Gasteiger partial charge in [0, 0.05) is 7.05 Å². The Morgan fingerprint density at radius 2 is 2.38 bits per heavy atom. The van der Waals surface area contributed by atoms with Gasteiger partial charge >= 0.3 is 0 Å². The molecule has 0 N–H and O–H groups in total. The van der Waals surface area contributed by atoms with Crippen molar-refractivity contribution in [3.8, 4) is 0 Å². The maximum Gasteiger partial charge on any atom is 0.271 e. The average molecular weight is 136 g/mol. The molecule has 0 bridgehead atoms. The predicted molar refractivity (Wildman–Crippen MR) is 28.9 cm³/mol. The Morgan fingerprint density at radius 1 is 1.88 bits per heavy atom. The van der Waals surface area contributed by atoms with Crippen LogP contribution in [-0.4, -0.2) is 25.1 Å². The molecule has 0 atom stereocenters. The summed E-state index contributed by atoms with van der Waals surface area (Å²) in [5.74, 6) is 1.36. The van der Waals surface area contributed by atoms with Gasteiger partial charge in [-0.05, 0) is 0 Å². The van der Waals surface area contributed by atoms with Crippen molar-refractivity contribution in [2.45, 2.75) is 0 Å². The SMILES string of the molecule is CON(C)C(=O)[C]Cl. The number of rotatable bonds is 2. The Labute approximate surface area is 53.1 Å². The molecule has 0 aliphatic carbocycles. The Balaban J connectivity index is 3.46. The van der Waals surface area contributed by atoms with Gasteiger partial charge in [0.25, 0.3) is 5.91 Å². The zero-order valence-electron chi connectivity index (χ0n) is 4.64. The third-order valence-corrected chi connectivity index (χ3v) is 0.802. The minimum absolute atomic E-state index is 0.492. The molecule has 0 aromatic rings. The first-order valence-electron chi connectivity index (χ1n) is 1.90. The molecule has 0 saturated carbocycles. The van der Waals surface area contributed by atoms with Crippen LogP contribution < -0.4 is 0 Å². The van der Waals surface area contributed by atoms with E-state index in [1.807, 2.05) is 5.88 Å². The highest BCUT2D eigenvalue weighted by atomic mass is 35.5. The molecule has 46 valence electrons. The molecule has 0 aromatic carbocycles. The summed E-state index contributed by atoms with van der Waals surface area (Å²) in [5.41, 5.74) is 0. The van der Waals surface area contributed by atoms with Crippen LogP contribution in [0.3, 0.4) is 0 Å². The van der Waals surface area contributed by atoms with Crippen LogP contribution in [0.5, 0.6) is 0 Å². The standard InChI is InChI=1S/C4H6ClNO2/c1-6(8-2)4(7)3-5/h1-2H3. The van der Waals surface area contributed by atoms with E-state index in [1.54, 1.807) is 0 Å². The van der Waals surface area contributed by atoms with E-state index in [0.717, 1.165) is 5.06 Å². The fraction of sp³-hybridized carbons (Fsp3) is 0.500. The Kier molecular flexibility index (Phi) is 3.56. The lowest BCUT2D eigenvalue weighted by Gasteiger charge is -2.09. The summed E-state index contributed by atoms with van der Waals surface area (Å²) in [6, 6.07) is 0. The number of nitrogens with zero attached hydrogens (tertiary/aromatic N) is 1. The van der Waals surface area contributed by atoms with Crippen molar-refractivity contribution in [3.63, 3.8) is 0 Å². The Hall–Kier alpha value is -0.280. The molecule has 0 fully saturated rings. The summed E-state index contributed by atoms with van der Waals surface area (Å²) >= 11 is 4.90. The second-order valence-electron chi connectivity index (χ2n) is 1.08. The predicted octanol–water partition coefficient (Wildman–Crippen LogP) is 0.284. The molecule has 4 heteroatoms. The molecule has 0 unspecified atom stereocenters. The second kappa shape index (κ2) is 3.69. The summed E-state index contributed by atoms with van der Waals surface area (Å²) in [7, 11) is 2.81. The van der Waals surface area contributed by atoms with E-state index in [1.165, 1.54) is 14.2 Å². The lowest BCUT2D eigenvalue weighted by atomic mass is 10.7. The zero-order chi connectivity index (χ0) is 6.57. The van der Waals surface area contributed by atoms with Crippen LogP contribution in [0.4, 0.5) is 0 Å². The van der Waals surface area contributed by atoms with Crippen molar-refractivity contribution in [2.75, 3.05) is 14.2 Å². The van der Waals surface area contributed by atoms with Crippen LogP contribution in [-0.2, 0) is 9.63 Å². The highest BCUT2D eigenvalue weighted by Gasteiger charge is 2.04. The number of carbonyl (C=O) groups is 1. The van der Waals surface area contributed by atoms with Gasteiger partial charge in [-0.15, -0.1) is 11.6 Å². The first-order chi connectivity index (χ1) is 3.72. The zero-order valence-corrected chi connectivity index (χ0v) is 5.40. The molecule has 3 nitrogen and oxygen atoms in total. The summed E-state index contributed by atoms with van der Waals surface area (Å²) in [6.07, 6.45) is 0. The normalized spacial score (nSPS) is 8.88. The lowest BCUT2D eigenvalue weighted by Crippen LogP contribution is -2.23. The number of hydrogen-bond donors (Lipinski definition) is 0. The summed E-state index contributed by atoms with van der Waals surface area (Å²) in [5, 5.41) is 0.965. The van der Waals surface area contributed by atoms with Gasteiger partial charge in [0.2, 0.25) is 0 Å². The fourth-order valence-electron chi connectivity index (χ4n) is 0.142. The molecular weight excluding hydrogens is 130 g/mol. The van der Waals surface area contributed by atoms with E-state index in [9.17, 15) is 4.79 Å². The summed E-state index contributed by atoms with van der Waals surface area (Å²) < 4.78 is 0. The molecule has 0 aliphatic rings. The van der Waals surface area contributed by atoms with Gasteiger partial charge in [-0.3, -0.25) is 9.63 Å². The third kappa shape index (κ3) is 2.14. The molecule has 2 radical (unpaired) electrons. The van der Waals surface area contributed by atoms with Crippen LogP contribution in [0, 0.1) is 5.88 Å². The monoisotopic (exact) mass is 135 g/mol. The average Bonchev–Trinajstić information content (AvgIpc) is 1.84. The number of amides is 1. The Morgan fingerprint density at radius 3 is 2.50 bits per heavy atom. The van der Waals surface area contributed by atoms with Crippen LogP contribution in [0.1, 0.15) is 0 Å². The van der Waals surface area contributed by atoms with Gasteiger partial charge in [0.05, 0.1) is 7.11 Å². The van der Waals surface area contributed by atoms with E-state index < -0.39 is 5.91 Å². The van der Waals surface area contributed by atoms with E-state index in [-0.39, 0.29) is 0 Å². The molecule has 0 saturated heterocycles. The van der Waals surface area contributed by atoms with Gasteiger partial charge in [-0.25, -0.2) is 5.06 Å². The van der Waals surface area contributed by atoms with Gasteiger partial charge in [0.15, 0.2) is 5.88 Å². The van der Waals surface area contributed by atoms with Crippen LogP contribution in [0.2, 0.25) is 0 Å². The fourth-order valence-corrected chi connectivity index (χ4v) is 0.261. The molecule has 8 heavy (non-hydrogen) atoms. The first-order valence-corrected chi connectivity index (χ1v) is 2.28. The van der Waals surface area contributed by atoms with E-state index in [4.69, 9.17) is 11.6 Å². The maximum absolute atomic E-state index is 10.3. The van der Waals surface area contributed by atoms with Gasteiger partial charge in [0.1, 0.15) is 0 Å². The topological polar surface area (TPSA) is 29.5 Å². The highest BCUT2D eigenvalue weighted by Crippen LogP contribution is 1.90. The maximum atomic E-state index is 10.3. The molecule has 1 amide bonds. The quantitative estimate of drug-likeness (QED) is 0.509. The third-order valence-electron chi connectivity index (χ3n) is 0.641. The largest absolute Gasteiger partial charge is 0.275 e. The Bertz CT molecular complexity index is 86.1. The van der Waals surface area contributed by atoms with Crippen LogP contribution in [0.25, 0.3) is 0 Å². The molecule has 0 aliphatic heterocycles. The number of halogens is 1. The van der Waals surface area contributed by atoms with E-state index in [2.05, 4.69) is 4.84 Å². The van der Waals surface area contributed by atoms with E-state index in [0.29, 0.717) is 0 Å². The van der Waals surface area contributed by atoms with E-state index >= 15 is 0 Å². The van der Waals surface area contributed by atoms with Crippen molar-refractivity contribution in [1.82, 2.24) is 5.06 Å². The summed E-state index contributed by atoms with van der Waals surface area (Å²) in [4.78, 5) is 14.7. The van der Waals surface area contributed by atoms with Crippen molar-refractivity contribution >= 4 is 17.5 Å². The van der Waals surface area contributed by atoms with Gasteiger partial charge in [-0.2, -0.15) is 0 Å². The number of carbonyl (C=O) groups excluding carboxylic acids is 1. The van der Waals surface area contributed by atoms with Crippen molar-refractivity contribution in [1.29, 1.82) is 0 Å². The minimum atomic E-state index is -0.492. The molecular formula is C4H6ClNO2. The molecule has 0 aromatic heterocycles. The molecule has 0 heterocycles. The smallest absolute Gasteiger partial charge is 0.271 e. The molecule has 0 rings (SSSR count). The minimum Gasteiger partial charge on any atom is -0.275 e. The first kappa shape index (κ1) is 7.72. The van der Waals surface area contributed by atoms with Gasteiger partial charge < -0.3 is 0 Å². The lowest BCUT2D eigenvalue weighted by molar-refractivity contribution is -0.163. The van der Waals surface area contributed by atoms with Crippen LogP contribution in [0.15, 0.2) is 0 Å². The number of hydrogen-bond acceptors (Lipinski definition) is 2. The van der Waals surface area contributed by atoms with Crippen molar-refractivity contribution in [3.05, 3.63) is 5.88 Å². The van der Waals surface area contributed by atoms with Crippen molar-refractivity contribution in [2.24, 2.45) is 0 Å². The number of hydroxylamine groups is 2. The van der Waals surface area contributed by atoms with Gasteiger partial charge in [-0.1, -0.05) is 0 Å². The highest BCUT2D eigenvalue weighted by molar-refractivity contribution is 6.33.